The van der Waals surface area contributed by atoms with E-state index in [9.17, 15) is 29.1 Å². The molecule has 4 rings (SSSR count). The number of alkyl carbamates (subject to hydrolysis) is 1. The Morgan fingerprint density at radius 2 is 1.70 bits per heavy atom. The number of hydrogen-bond donors (Lipinski definition) is 4. The van der Waals surface area contributed by atoms with Crippen LogP contribution in [0.15, 0.2) is 60.8 Å². The summed E-state index contributed by atoms with van der Waals surface area (Å²) >= 11 is 0. The minimum absolute atomic E-state index is 0.0153. The third kappa shape index (κ3) is 9.89. The lowest BCUT2D eigenvalue weighted by Gasteiger charge is -2.44. The van der Waals surface area contributed by atoms with Gasteiger partial charge in [0.15, 0.2) is 26.0 Å². The van der Waals surface area contributed by atoms with Crippen LogP contribution in [0.5, 0.6) is 11.5 Å². The summed E-state index contributed by atoms with van der Waals surface area (Å²) in [6.07, 6.45) is 1.12. The highest BCUT2D eigenvalue weighted by Crippen LogP contribution is 2.45. The van der Waals surface area contributed by atoms with Gasteiger partial charge < -0.3 is 44.6 Å². The highest BCUT2D eigenvalue weighted by atomic mass is 28.4. The van der Waals surface area contributed by atoms with Gasteiger partial charge in [0, 0.05) is 18.0 Å². The minimum Gasteiger partial charge on any atom is -0.504 e. The molecule has 16 heteroatoms. The smallest absolute Gasteiger partial charge is 0.416 e. The van der Waals surface area contributed by atoms with Gasteiger partial charge in [-0.2, -0.15) is 0 Å². The zero-order chi connectivity index (χ0) is 41.7. The minimum atomic E-state index is -2.59. The number of phenolic OH excluding ortho intramolecular Hbond substituents is 1. The highest BCUT2D eigenvalue weighted by Gasteiger charge is 2.50. The first-order valence-electron chi connectivity index (χ1n) is 18.5. The molecule has 304 valence electrons. The summed E-state index contributed by atoms with van der Waals surface area (Å²) in [5, 5.41) is 18.5. The average Bonchev–Trinajstić information content (AvgIpc) is 3.49. The summed E-state index contributed by atoms with van der Waals surface area (Å²) in [6, 6.07) is 6.89. The maximum Gasteiger partial charge on any atom is 0.416 e. The largest absolute Gasteiger partial charge is 0.504 e. The van der Waals surface area contributed by atoms with Gasteiger partial charge in [-0.3, -0.25) is 14.4 Å². The fourth-order valence-corrected chi connectivity index (χ4v) is 7.19. The van der Waals surface area contributed by atoms with Crippen LogP contribution in [0.4, 0.5) is 21.0 Å². The first kappa shape index (κ1) is 43.4. The number of rotatable bonds is 13. The summed E-state index contributed by atoms with van der Waals surface area (Å²) in [7, 11) is -1.21. The molecule has 15 nitrogen and oxygen atoms in total. The van der Waals surface area contributed by atoms with E-state index < -0.39 is 56.7 Å². The fraction of sp³-hybridized carbons (Fsp3) is 0.475. The summed E-state index contributed by atoms with van der Waals surface area (Å²) in [5.41, 5.74) is 2.23. The molecule has 0 radical (unpaired) electrons. The van der Waals surface area contributed by atoms with Gasteiger partial charge in [0.05, 0.1) is 24.4 Å². The molecule has 56 heavy (non-hydrogen) atoms. The molecule has 0 aromatic heterocycles. The molecule has 2 aliphatic heterocycles. The average molecular weight is 794 g/mol. The van der Waals surface area contributed by atoms with Crippen molar-refractivity contribution >= 4 is 49.6 Å². The number of carbonyl (C=O) groups is 5. The van der Waals surface area contributed by atoms with Crippen molar-refractivity contribution in [3.63, 3.8) is 0 Å². The number of aromatic hydroxyl groups is 1. The molecule has 0 bridgehead atoms. The highest BCUT2D eigenvalue weighted by molar-refractivity contribution is 6.74. The Morgan fingerprint density at radius 1 is 1.04 bits per heavy atom. The van der Waals surface area contributed by atoms with Crippen molar-refractivity contribution in [1.29, 1.82) is 0 Å². The van der Waals surface area contributed by atoms with Gasteiger partial charge in [0.1, 0.15) is 25.3 Å². The summed E-state index contributed by atoms with van der Waals surface area (Å²) < 4.78 is 23.1. The first-order valence-corrected chi connectivity index (χ1v) is 21.4. The number of nitrogens with one attached hydrogen (secondary N) is 3. The molecule has 2 aromatic rings. The van der Waals surface area contributed by atoms with Crippen LogP contribution in [0.3, 0.4) is 0 Å². The van der Waals surface area contributed by atoms with Crippen molar-refractivity contribution in [3.8, 4) is 11.5 Å². The van der Waals surface area contributed by atoms with E-state index >= 15 is 0 Å². The zero-order valence-corrected chi connectivity index (χ0v) is 34.8. The van der Waals surface area contributed by atoms with Gasteiger partial charge in [-0.25, -0.2) is 14.5 Å². The molecule has 4 N–H and O–H groups in total. The molecule has 0 fully saturated rings. The maximum absolute atomic E-state index is 14.3. The molecular weight excluding hydrogens is 739 g/mol. The monoisotopic (exact) mass is 793 g/mol. The molecule has 2 aliphatic rings. The second-order valence-corrected chi connectivity index (χ2v) is 20.6. The normalized spacial score (nSPS) is 17.8. The Bertz CT molecular complexity index is 1860. The lowest BCUT2D eigenvalue weighted by Crippen LogP contribution is -2.57. The van der Waals surface area contributed by atoms with E-state index in [0.717, 1.165) is 5.57 Å². The first-order chi connectivity index (χ1) is 26.2. The van der Waals surface area contributed by atoms with Gasteiger partial charge in [0.2, 0.25) is 11.8 Å². The number of benzene rings is 2. The number of ether oxygens (including phenoxy) is 3. The maximum atomic E-state index is 14.3. The van der Waals surface area contributed by atoms with Crippen LogP contribution in [0.1, 0.15) is 70.8 Å². The SMILES string of the molecule is C=CCOC(=O)N[C@H](C(=O)N[C@@H](C)C(=O)Nc1ccc(COC(=O)N2c3cc(O)c(OC)cc3C(=O)N3C=C(C)C[C@H]3[C@@H]2O[Si](C)(C)C(C)(C)C)cc1)C(C)C. The summed E-state index contributed by atoms with van der Waals surface area (Å²) in [4.78, 5) is 69.2. The van der Waals surface area contributed by atoms with Crippen molar-refractivity contribution < 1.29 is 47.7 Å². The number of fused-ring (bicyclic) bond motifs is 2. The molecule has 4 atom stereocenters. The third-order valence-corrected chi connectivity index (χ3v) is 14.6. The Balaban J connectivity index is 1.52. The molecule has 2 heterocycles. The van der Waals surface area contributed by atoms with Gasteiger partial charge in [-0.1, -0.05) is 65.0 Å². The molecule has 0 saturated heterocycles. The van der Waals surface area contributed by atoms with E-state index in [1.807, 2.05) is 6.92 Å². The van der Waals surface area contributed by atoms with Crippen molar-refractivity contribution in [3.05, 3.63) is 72.0 Å². The van der Waals surface area contributed by atoms with Crippen LogP contribution in [-0.2, 0) is 30.1 Å². The number of anilines is 2. The Kier molecular flexibility index (Phi) is 13.7. The summed E-state index contributed by atoms with van der Waals surface area (Å²) in [5.74, 6) is -1.89. The lowest BCUT2D eigenvalue weighted by atomic mass is 10.0. The van der Waals surface area contributed by atoms with Crippen LogP contribution in [0.2, 0.25) is 18.1 Å². The second-order valence-electron chi connectivity index (χ2n) is 15.9. The van der Waals surface area contributed by atoms with E-state index in [4.69, 9.17) is 18.6 Å². The topological polar surface area (TPSA) is 185 Å². The van der Waals surface area contributed by atoms with Crippen molar-refractivity contribution in [2.24, 2.45) is 5.92 Å². The number of phenols is 1. The number of methoxy groups -OCH3 is 1. The second kappa shape index (κ2) is 17.6. The van der Waals surface area contributed by atoms with E-state index in [-0.39, 0.29) is 52.8 Å². The number of amides is 5. The van der Waals surface area contributed by atoms with Crippen LogP contribution in [-0.4, -0.2) is 86.3 Å². The molecular formula is C40H55N5O10Si. The number of carbonyl (C=O) groups excluding carboxylic acids is 5. The van der Waals surface area contributed by atoms with E-state index in [1.54, 1.807) is 49.2 Å². The Morgan fingerprint density at radius 3 is 2.29 bits per heavy atom. The van der Waals surface area contributed by atoms with E-state index in [2.05, 4.69) is 56.4 Å². The van der Waals surface area contributed by atoms with Gasteiger partial charge in [-0.15, -0.1) is 0 Å². The Hall–Kier alpha value is -5.35. The molecule has 0 saturated carbocycles. The molecule has 5 amide bonds. The third-order valence-electron chi connectivity index (χ3n) is 10.2. The van der Waals surface area contributed by atoms with Gasteiger partial charge in [-0.05, 0) is 68.1 Å². The Labute approximate surface area is 329 Å². The van der Waals surface area contributed by atoms with E-state index in [1.165, 1.54) is 37.1 Å². The van der Waals surface area contributed by atoms with Crippen LogP contribution in [0.25, 0.3) is 0 Å². The number of hydrogen-bond acceptors (Lipinski definition) is 10. The van der Waals surface area contributed by atoms with E-state index in [0.29, 0.717) is 17.7 Å². The summed E-state index contributed by atoms with van der Waals surface area (Å²) in [6.45, 7) is 20.6. The zero-order valence-electron chi connectivity index (χ0n) is 33.8. The molecule has 2 aromatic carbocycles. The van der Waals surface area contributed by atoms with Gasteiger partial charge >= 0.3 is 12.2 Å². The van der Waals surface area contributed by atoms with Crippen LogP contribution in [0, 0.1) is 5.92 Å². The lowest BCUT2D eigenvalue weighted by molar-refractivity contribution is -0.128. The molecule has 0 aliphatic carbocycles. The molecule has 0 unspecified atom stereocenters. The number of nitrogens with zero attached hydrogens (tertiary/aromatic N) is 2. The van der Waals surface area contributed by atoms with Crippen molar-refractivity contribution in [2.75, 3.05) is 23.9 Å². The van der Waals surface area contributed by atoms with Gasteiger partial charge in [0.25, 0.3) is 5.91 Å². The molecule has 0 spiro atoms. The predicted octanol–water partition coefficient (Wildman–Crippen LogP) is 6.40. The fourth-order valence-electron chi connectivity index (χ4n) is 5.97. The van der Waals surface area contributed by atoms with Crippen molar-refractivity contribution in [1.82, 2.24) is 15.5 Å². The quantitative estimate of drug-likeness (QED) is 0.131. The van der Waals surface area contributed by atoms with Crippen LogP contribution >= 0.6 is 0 Å². The predicted molar refractivity (Wildman–Crippen MR) is 214 cm³/mol. The van der Waals surface area contributed by atoms with Crippen molar-refractivity contribution in [2.45, 2.75) is 104 Å². The standard InChI is InChI=1S/C40H55N5O10Si/c1-12-17-53-38(50)43-33(23(2)3)35(48)41-25(5)34(47)42-27-15-13-26(14-16-27)22-54-39(51)45-29-20-31(46)32(52-9)19-28(29)36(49)44-21-24(4)18-30(44)37(45)55-56(10,11)40(6,7)8/h12-16,19-21,23,25,30,33,37,46H,1,17-18,22H2,2-11H3,(H,41,48)(H,42,47)(H,43,50)/t25-,30-,33-,37-/m0/s1. The van der Waals surface area contributed by atoms with Crippen LogP contribution < -0.4 is 25.6 Å².